The average Bonchev–Trinajstić information content (AvgIpc) is 2.78. The van der Waals surface area contributed by atoms with E-state index in [4.69, 9.17) is 4.74 Å². The fourth-order valence-corrected chi connectivity index (χ4v) is 4.50. The van der Waals surface area contributed by atoms with Crippen molar-refractivity contribution in [3.05, 3.63) is 105 Å². The molecule has 3 nitrogen and oxygen atoms in total. The molecule has 192 valence electrons. The number of hydrogen-bond acceptors (Lipinski definition) is 2. The van der Waals surface area contributed by atoms with E-state index >= 15 is 4.39 Å². The molecule has 4 unspecified atom stereocenters. The number of halogens is 8. The first-order valence-corrected chi connectivity index (χ1v) is 10.8. The monoisotopic (exact) mass is 517 g/mol. The topological polar surface area (TPSA) is 36.2 Å². The van der Waals surface area contributed by atoms with E-state index in [0.717, 1.165) is 18.3 Å². The van der Waals surface area contributed by atoms with E-state index < -0.39 is 65.6 Å². The molecule has 0 fully saturated rings. The first kappa shape index (κ1) is 25.9. The van der Waals surface area contributed by atoms with Gasteiger partial charge in [0.15, 0.2) is 12.4 Å². The third-order valence-electron chi connectivity index (χ3n) is 6.16. The number of rotatable bonds is 4. The standard InChI is InChI=1S/C25H19F8NO2/c1-13(15-9-16(24(28,29)30)11-17(10-15)25(31,32)33)36-21-12-20(27)23-19(3-2-8-34(23)35)22(21)14-4-6-18(26)7-5-14/h2-11,13,20-22H,12H2,1H3. The van der Waals surface area contributed by atoms with Gasteiger partial charge in [-0.15, -0.1) is 0 Å². The molecule has 1 aromatic heterocycles. The molecule has 0 saturated carbocycles. The first-order valence-electron chi connectivity index (χ1n) is 10.8. The Balaban J connectivity index is 1.76. The summed E-state index contributed by atoms with van der Waals surface area (Å²) in [6, 6.07) is 9.08. The second-order valence-electron chi connectivity index (χ2n) is 8.56. The largest absolute Gasteiger partial charge is 0.618 e. The molecule has 0 N–H and O–H groups in total. The highest BCUT2D eigenvalue weighted by molar-refractivity contribution is 5.39. The lowest BCUT2D eigenvalue weighted by atomic mass is 9.78. The van der Waals surface area contributed by atoms with Gasteiger partial charge in [-0.2, -0.15) is 31.1 Å². The van der Waals surface area contributed by atoms with Crippen molar-refractivity contribution in [3.63, 3.8) is 0 Å². The summed E-state index contributed by atoms with van der Waals surface area (Å²) < 4.78 is 115. The van der Waals surface area contributed by atoms with Crippen molar-refractivity contribution in [1.29, 1.82) is 0 Å². The molecule has 1 aliphatic rings. The number of benzene rings is 2. The van der Waals surface area contributed by atoms with Crippen LogP contribution in [0.3, 0.4) is 0 Å². The Hall–Kier alpha value is -3.21. The van der Waals surface area contributed by atoms with Crippen LogP contribution in [0.1, 0.15) is 65.0 Å². The highest BCUT2D eigenvalue weighted by atomic mass is 19.4. The molecule has 1 aliphatic carbocycles. The third kappa shape index (κ3) is 5.16. The zero-order valence-corrected chi connectivity index (χ0v) is 18.6. The molecular weight excluding hydrogens is 498 g/mol. The van der Waals surface area contributed by atoms with Gasteiger partial charge in [-0.1, -0.05) is 12.1 Å². The molecule has 0 radical (unpaired) electrons. The van der Waals surface area contributed by atoms with E-state index in [1.165, 1.54) is 31.2 Å². The Bertz CT molecular complexity index is 1210. The van der Waals surface area contributed by atoms with Crippen LogP contribution in [-0.2, 0) is 17.1 Å². The number of aromatic nitrogens is 1. The van der Waals surface area contributed by atoms with Gasteiger partial charge in [0.1, 0.15) is 5.82 Å². The molecule has 1 heterocycles. The maximum atomic E-state index is 15.1. The van der Waals surface area contributed by atoms with E-state index in [2.05, 4.69) is 0 Å². The Morgan fingerprint density at radius 3 is 2.08 bits per heavy atom. The van der Waals surface area contributed by atoms with Crippen LogP contribution in [0.2, 0.25) is 0 Å². The van der Waals surface area contributed by atoms with E-state index in [1.54, 1.807) is 0 Å². The second-order valence-corrected chi connectivity index (χ2v) is 8.56. The lowest BCUT2D eigenvalue weighted by Crippen LogP contribution is -2.41. The molecule has 36 heavy (non-hydrogen) atoms. The van der Waals surface area contributed by atoms with Gasteiger partial charge in [0.25, 0.3) is 0 Å². The van der Waals surface area contributed by atoms with Crippen molar-refractivity contribution in [3.8, 4) is 0 Å². The van der Waals surface area contributed by atoms with Gasteiger partial charge in [-0.05, 0) is 54.4 Å². The van der Waals surface area contributed by atoms with Gasteiger partial charge < -0.3 is 9.94 Å². The smallest absolute Gasteiger partial charge is 0.416 e. The van der Waals surface area contributed by atoms with Crippen molar-refractivity contribution in [2.24, 2.45) is 0 Å². The molecule has 0 saturated heterocycles. The fourth-order valence-electron chi connectivity index (χ4n) is 4.50. The predicted octanol–water partition coefficient (Wildman–Crippen LogP) is 7.19. The summed E-state index contributed by atoms with van der Waals surface area (Å²) in [5.41, 5.74) is -2.91. The lowest BCUT2D eigenvalue weighted by molar-refractivity contribution is -0.618. The SMILES string of the molecule is CC(OC1CC(F)c2c(ccc[n+]2[O-])C1c1ccc(F)cc1)c1cc(C(F)(F)F)cc(C(F)(F)F)c1. The number of alkyl halides is 7. The number of pyridine rings is 1. The average molecular weight is 517 g/mol. The molecule has 0 amide bonds. The van der Waals surface area contributed by atoms with Crippen LogP contribution in [0.4, 0.5) is 35.1 Å². The molecule has 4 rings (SSSR count). The summed E-state index contributed by atoms with van der Waals surface area (Å²) in [4.78, 5) is 0. The highest BCUT2D eigenvalue weighted by Gasteiger charge is 2.43. The molecule has 11 heteroatoms. The number of fused-ring (bicyclic) bond motifs is 1. The first-order chi connectivity index (χ1) is 16.8. The minimum absolute atomic E-state index is 0.0129. The van der Waals surface area contributed by atoms with E-state index in [1.807, 2.05) is 0 Å². The van der Waals surface area contributed by atoms with Crippen molar-refractivity contribution in [2.45, 2.75) is 50.0 Å². The van der Waals surface area contributed by atoms with Crippen LogP contribution in [0.5, 0.6) is 0 Å². The molecule has 0 bridgehead atoms. The zero-order valence-electron chi connectivity index (χ0n) is 18.6. The lowest BCUT2D eigenvalue weighted by Gasteiger charge is -2.35. The van der Waals surface area contributed by atoms with Crippen molar-refractivity contribution in [1.82, 2.24) is 0 Å². The number of ether oxygens (including phenoxy) is 1. The van der Waals surface area contributed by atoms with Gasteiger partial charge in [0.05, 0.1) is 23.3 Å². The van der Waals surface area contributed by atoms with Crippen molar-refractivity contribution < 1.29 is 44.6 Å². The van der Waals surface area contributed by atoms with E-state index in [0.29, 0.717) is 22.4 Å². The van der Waals surface area contributed by atoms with Crippen LogP contribution >= 0.6 is 0 Å². The van der Waals surface area contributed by atoms with Gasteiger partial charge in [0, 0.05) is 24.0 Å². The van der Waals surface area contributed by atoms with E-state index in [-0.39, 0.29) is 17.3 Å². The van der Waals surface area contributed by atoms with Crippen LogP contribution in [0, 0.1) is 11.0 Å². The summed E-state index contributed by atoms with van der Waals surface area (Å²) >= 11 is 0. The molecular formula is C25H19F8NO2. The Morgan fingerprint density at radius 2 is 1.53 bits per heavy atom. The van der Waals surface area contributed by atoms with Gasteiger partial charge in [-0.25, -0.2) is 8.78 Å². The Labute approximate surface area is 200 Å². The Kier molecular flexibility index (Phi) is 6.72. The van der Waals surface area contributed by atoms with Gasteiger partial charge >= 0.3 is 12.4 Å². The van der Waals surface area contributed by atoms with Crippen LogP contribution in [-0.4, -0.2) is 6.10 Å². The summed E-state index contributed by atoms with van der Waals surface area (Å²) in [6.45, 7) is 1.26. The molecule has 2 aromatic carbocycles. The van der Waals surface area contributed by atoms with Gasteiger partial charge in [-0.3, -0.25) is 0 Å². The molecule has 3 aromatic rings. The predicted molar refractivity (Wildman–Crippen MR) is 112 cm³/mol. The van der Waals surface area contributed by atoms with Crippen molar-refractivity contribution >= 4 is 0 Å². The van der Waals surface area contributed by atoms with Crippen LogP contribution in [0.25, 0.3) is 0 Å². The number of nitrogens with zero attached hydrogens (tertiary/aromatic N) is 1. The summed E-state index contributed by atoms with van der Waals surface area (Å²) in [5.74, 6) is -1.39. The number of hydrogen-bond donors (Lipinski definition) is 0. The normalized spacial score (nSPS) is 21.2. The highest BCUT2D eigenvalue weighted by Crippen LogP contribution is 2.45. The molecule has 0 aliphatic heterocycles. The summed E-state index contributed by atoms with van der Waals surface area (Å²) in [6.07, 6.45) is -13.6. The summed E-state index contributed by atoms with van der Waals surface area (Å²) in [5, 5.41) is 12.3. The summed E-state index contributed by atoms with van der Waals surface area (Å²) in [7, 11) is 0. The van der Waals surface area contributed by atoms with Crippen molar-refractivity contribution in [2.75, 3.05) is 0 Å². The Morgan fingerprint density at radius 1 is 0.944 bits per heavy atom. The fraction of sp³-hybridized carbons (Fsp3) is 0.320. The minimum Gasteiger partial charge on any atom is -0.618 e. The van der Waals surface area contributed by atoms with Crippen LogP contribution < -0.4 is 4.73 Å². The quantitative estimate of drug-likeness (QED) is 0.209. The zero-order chi connectivity index (χ0) is 26.4. The third-order valence-corrected chi connectivity index (χ3v) is 6.16. The van der Waals surface area contributed by atoms with Crippen LogP contribution in [0.15, 0.2) is 60.8 Å². The second kappa shape index (κ2) is 9.34. The molecule has 0 spiro atoms. The maximum absolute atomic E-state index is 15.1. The molecule has 4 atom stereocenters. The van der Waals surface area contributed by atoms with Gasteiger partial charge in [0.2, 0.25) is 5.69 Å². The minimum atomic E-state index is -5.04. The van der Waals surface area contributed by atoms with E-state index in [9.17, 15) is 35.9 Å². The maximum Gasteiger partial charge on any atom is 0.416 e.